The van der Waals surface area contributed by atoms with Gasteiger partial charge in [0.2, 0.25) is 5.88 Å². The van der Waals surface area contributed by atoms with E-state index in [1.54, 1.807) is 24.3 Å². The molecule has 0 unspecified atom stereocenters. The molecule has 1 N–H and O–H groups in total. The zero-order valence-electron chi connectivity index (χ0n) is 17.7. The summed E-state index contributed by atoms with van der Waals surface area (Å²) in [4.78, 5) is 21.7. The Bertz CT molecular complexity index is 1140. The number of hydrogen-bond acceptors (Lipinski definition) is 6. The first-order valence-electron chi connectivity index (χ1n) is 10.3. The predicted molar refractivity (Wildman–Crippen MR) is 112 cm³/mol. The second kappa shape index (κ2) is 8.89. The van der Waals surface area contributed by atoms with Crippen molar-refractivity contribution in [2.75, 3.05) is 18.6 Å². The van der Waals surface area contributed by atoms with E-state index in [0.29, 0.717) is 23.7 Å². The minimum Gasteiger partial charge on any atom is -0.481 e. The molecule has 0 radical (unpaired) electrons. The fraction of sp³-hybridized carbons (Fsp3) is 0.364. The Balaban J connectivity index is 1.70. The molecule has 1 aliphatic heterocycles. The summed E-state index contributed by atoms with van der Waals surface area (Å²) in [5, 5.41) is 14.1. The Labute approximate surface area is 183 Å². The highest BCUT2D eigenvalue weighted by atomic mass is 19.1. The summed E-state index contributed by atoms with van der Waals surface area (Å²) in [6.45, 7) is 2.33. The zero-order valence-corrected chi connectivity index (χ0v) is 17.7. The molecule has 0 spiro atoms. The zero-order chi connectivity index (χ0) is 22.8. The molecule has 1 aliphatic rings. The van der Waals surface area contributed by atoms with Crippen LogP contribution in [-0.4, -0.2) is 50.5 Å². The van der Waals surface area contributed by atoms with Crippen molar-refractivity contribution in [3.8, 4) is 17.4 Å². The van der Waals surface area contributed by atoms with Gasteiger partial charge in [0.15, 0.2) is 17.5 Å². The number of aromatic nitrogens is 4. The number of rotatable bonds is 6. The third kappa shape index (κ3) is 4.12. The van der Waals surface area contributed by atoms with Crippen molar-refractivity contribution in [3.05, 3.63) is 53.7 Å². The fourth-order valence-corrected chi connectivity index (χ4v) is 4.06. The van der Waals surface area contributed by atoms with Crippen molar-refractivity contribution in [1.29, 1.82) is 0 Å². The third-order valence-corrected chi connectivity index (χ3v) is 5.64. The maximum Gasteiger partial charge on any atom is 0.326 e. The minimum absolute atomic E-state index is 0.0726. The van der Waals surface area contributed by atoms with E-state index in [-0.39, 0.29) is 29.9 Å². The maximum atomic E-state index is 14.7. The quantitative estimate of drug-likeness (QED) is 0.624. The summed E-state index contributed by atoms with van der Waals surface area (Å²) in [6, 6.07) is 7.03. The number of halogens is 2. The van der Waals surface area contributed by atoms with E-state index in [1.807, 2.05) is 6.92 Å². The molecular formula is C22H23F2N5O3. The van der Waals surface area contributed by atoms with Gasteiger partial charge >= 0.3 is 5.97 Å². The van der Waals surface area contributed by atoms with Gasteiger partial charge < -0.3 is 14.7 Å². The van der Waals surface area contributed by atoms with Crippen molar-refractivity contribution >= 4 is 11.8 Å². The second-order valence-corrected chi connectivity index (χ2v) is 7.78. The van der Waals surface area contributed by atoms with Gasteiger partial charge in [-0.05, 0) is 24.8 Å². The summed E-state index contributed by atoms with van der Waals surface area (Å²) in [5.41, 5.74) is 0.726. The smallest absolute Gasteiger partial charge is 0.326 e. The lowest BCUT2D eigenvalue weighted by atomic mass is 9.91. The van der Waals surface area contributed by atoms with Crippen LogP contribution in [0.4, 0.5) is 14.6 Å². The second-order valence-electron chi connectivity index (χ2n) is 7.78. The number of ether oxygens (including phenoxy) is 1. The molecule has 0 bridgehead atoms. The Hall–Kier alpha value is -3.56. The molecule has 168 valence electrons. The number of nitrogens with zero attached hydrogens (tertiary/aromatic N) is 5. The first-order chi connectivity index (χ1) is 15.4. The van der Waals surface area contributed by atoms with Crippen LogP contribution in [0.25, 0.3) is 11.5 Å². The highest BCUT2D eigenvalue weighted by Crippen LogP contribution is 2.31. The number of carboxylic acid groups (broad SMARTS) is 1. The molecule has 1 saturated heterocycles. The largest absolute Gasteiger partial charge is 0.481 e. The number of aliphatic carboxylic acids is 1. The molecule has 0 amide bonds. The van der Waals surface area contributed by atoms with Gasteiger partial charge in [-0.1, -0.05) is 25.1 Å². The summed E-state index contributed by atoms with van der Waals surface area (Å²) >= 11 is 0. The third-order valence-electron chi connectivity index (χ3n) is 5.64. The predicted octanol–water partition coefficient (Wildman–Crippen LogP) is 3.36. The summed E-state index contributed by atoms with van der Waals surface area (Å²) in [5.74, 6) is -1.84. The average molecular weight is 443 g/mol. The molecule has 8 nitrogen and oxygen atoms in total. The summed E-state index contributed by atoms with van der Waals surface area (Å²) in [7, 11) is 1.46. The molecule has 2 atom stereocenters. The molecule has 0 aliphatic carbocycles. The summed E-state index contributed by atoms with van der Waals surface area (Å²) in [6.07, 6.45) is 2.48. The first kappa shape index (κ1) is 21.7. The van der Waals surface area contributed by atoms with Gasteiger partial charge in [0, 0.05) is 18.2 Å². The van der Waals surface area contributed by atoms with Crippen LogP contribution in [0.15, 0.2) is 36.5 Å². The molecule has 3 aromatic rings. The molecule has 0 saturated carbocycles. The lowest BCUT2D eigenvalue weighted by Crippen LogP contribution is -2.50. The van der Waals surface area contributed by atoms with E-state index in [2.05, 4.69) is 15.1 Å². The Morgan fingerprint density at radius 1 is 1.28 bits per heavy atom. The van der Waals surface area contributed by atoms with Crippen molar-refractivity contribution in [1.82, 2.24) is 19.7 Å². The monoisotopic (exact) mass is 443 g/mol. The van der Waals surface area contributed by atoms with Crippen LogP contribution >= 0.6 is 0 Å². The van der Waals surface area contributed by atoms with Gasteiger partial charge in [0.1, 0.15) is 17.6 Å². The van der Waals surface area contributed by atoms with Crippen molar-refractivity contribution in [2.24, 2.45) is 5.92 Å². The van der Waals surface area contributed by atoms with Gasteiger partial charge in [0.25, 0.3) is 0 Å². The minimum atomic E-state index is -1.02. The fourth-order valence-electron chi connectivity index (χ4n) is 4.06. The Morgan fingerprint density at radius 2 is 2.06 bits per heavy atom. The van der Waals surface area contributed by atoms with Gasteiger partial charge in [-0.2, -0.15) is 5.10 Å². The molecular weight excluding hydrogens is 420 g/mol. The lowest BCUT2D eigenvalue weighted by molar-refractivity contribution is -0.140. The van der Waals surface area contributed by atoms with Crippen LogP contribution in [0.3, 0.4) is 0 Å². The number of carbonyl (C=O) groups is 1. The molecule has 4 rings (SSSR count). The first-order valence-corrected chi connectivity index (χ1v) is 10.3. The topological polar surface area (TPSA) is 93.4 Å². The number of methoxy groups -OCH3 is 1. The number of piperidine rings is 1. The van der Waals surface area contributed by atoms with Crippen LogP contribution in [0.2, 0.25) is 0 Å². The Morgan fingerprint density at radius 3 is 2.78 bits per heavy atom. The van der Waals surface area contributed by atoms with Crippen molar-refractivity contribution in [2.45, 2.75) is 32.4 Å². The van der Waals surface area contributed by atoms with Crippen LogP contribution in [0, 0.1) is 17.6 Å². The number of carboxylic acids is 1. The average Bonchev–Trinajstić information content (AvgIpc) is 3.18. The molecule has 3 heterocycles. The molecule has 32 heavy (non-hydrogen) atoms. The summed E-state index contributed by atoms with van der Waals surface area (Å²) < 4.78 is 35.6. The highest BCUT2D eigenvalue weighted by Gasteiger charge is 2.36. The van der Waals surface area contributed by atoms with Gasteiger partial charge in [-0.3, -0.25) is 0 Å². The van der Waals surface area contributed by atoms with E-state index in [0.717, 1.165) is 19.0 Å². The number of benzene rings is 1. The molecule has 1 aromatic carbocycles. The SMILES string of the molecule is COc1cc(-c2ncc(F)c(N3CCC[C@H](C)[C@@H]3C(=O)O)n2)nn1Cc1ccccc1F. The van der Waals surface area contributed by atoms with Crippen molar-refractivity contribution < 1.29 is 23.4 Å². The standard InChI is InChI=1S/C22H23F2N5O3/c1-13-6-5-9-28(19(13)22(30)31)21-16(24)11-25-20(26-21)17-10-18(32-2)29(27-17)12-14-7-3-4-8-15(14)23/h3-4,7-8,10-11,13,19H,5-6,9,12H2,1-2H3,(H,30,31)/t13-,19+/m0/s1. The van der Waals surface area contributed by atoms with E-state index >= 15 is 0 Å². The van der Waals surface area contributed by atoms with Gasteiger partial charge in [-0.15, -0.1) is 0 Å². The van der Waals surface area contributed by atoms with E-state index in [4.69, 9.17) is 4.74 Å². The van der Waals surface area contributed by atoms with E-state index < -0.39 is 17.8 Å². The van der Waals surface area contributed by atoms with Crippen LogP contribution in [-0.2, 0) is 11.3 Å². The Kier molecular flexibility index (Phi) is 6.02. The maximum absolute atomic E-state index is 14.7. The molecule has 10 heteroatoms. The highest BCUT2D eigenvalue weighted by molar-refractivity contribution is 5.78. The van der Waals surface area contributed by atoms with Gasteiger partial charge in [0.05, 0.1) is 19.9 Å². The van der Waals surface area contributed by atoms with Crippen molar-refractivity contribution in [3.63, 3.8) is 0 Å². The van der Waals surface area contributed by atoms with Crippen LogP contribution in [0.1, 0.15) is 25.3 Å². The lowest BCUT2D eigenvalue weighted by Gasteiger charge is -2.38. The number of hydrogen-bond donors (Lipinski definition) is 1. The van der Waals surface area contributed by atoms with Crippen LogP contribution in [0.5, 0.6) is 5.88 Å². The molecule has 1 fully saturated rings. The number of anilines is 1. The van der Waals surface area contributed by atoms with E-state index in [9.17, 15) is 18.7 Å². The van der Waals surface area contributed by atoms with Gasteiger partial charge in [-0.25, -0.2) is 28.2 Å². The van der Waals surface area contributed by atoms with E-state index in [1.165, 1.54) is 22.8 Å². The van der Waals surface area contributed by atoms with Crippen LogP contribution < -0.4 is 9.64 Å². The molecule has 2 aromatic heterocycles. The normalized spacial score (nSPS) is 18.6.